The minimum Gasteiger partial charge on any atom is -0.454 e. The Hall–Kier alpha value is -3.78. The number of aromatic nitrogens is 3. The molecule has 1 saturated heterocycles. The van der Waals surface area contributed by atoms with Crippen LogP contribution in [0.15, 0.2) is 54.7 Å². The summed E-state index contributed by atoms with van der Waals surface area (Å²) in [6.45, 7) is 6.43. The summed E-state index contributed by atoms with van der Waals surface area (Å²) >= 11 is 6.18. The van der Waals surface area contributed by atoms with Crippen molar-refractivity contribution < 1.29 is 9.47 Å². The molecule has 9 heteroatoms. The molecule has 38 heavy (non-hydrogen) atoms. The summed E-state index contributed by atoms with van der Waals surface area (Å²) in [4.78, 5) is 19.0. The van der Waals surface area contributed by atoms with E-state index >= 15 is 0 Å². The summed E-state index contributed by atoms with van der Waals surface area (Å²) in [6, 6.07) is 16.0. The van der Waals surface area contributed by atoms with Crippen molar-refractivity contribution in [1.29, 1.82) is 0 Å². The second-order valence-corrected chi connectivity index (χ2v) is 10.2. The molecular formula is C29H31ClN6O2. The van der Waals surface area contributed by atoms with E-state index in [0.717, 1.165) is 64.2 Å². The molecular weight excluding hydrogens is 500 g/mol. The average molecular weight is 531 g/mol. The van der Waals surface area contributed by atoms with Crippen molar-refractivity contribution in [3.63, 3.8) is 0 Å². The molecule has 0 amide bonds. The molecule has 0 unspecified atom stereocenters. The molecule has 2 aliphatic heterocycles. The van der Waals surface area contributed by atoms with Gasteiger partial charge in [-0.1, -0.05) is 17.7 Å². The van der Waals surface area contributed by atoms with Gasteiger partial charge in [0.25, 0.3) is 0 Å². The molecule has 196 valence electrons. The summed E-state index contributed by atoms with van der Waals surface area (Å²) in [5, 5.41) is 5.31. The van der Waals surface area contributed by atoms with Gasteiger partial charge in [0, 0.05) is 66.8 Å². The number of benzene rings is 2. The third-order valence-electron chi connectivity index (χ3n) is 7.00. The highest BCUT2D eigenvalue weighted by molar-refractivity contribution is 6.31. The Morgan fingerprint density at radius 1 is 0.974 bits per heavy atom. The number of pyridine rings is 1. The number of aryl methyl sites for hydroxylation is 1. The van der Waals surface area contributed by atoms with E-state index < -0.39 is 0 Å². The molecule has 2 aromatic heterocycles. The van der Waals surface area contributed by atoms with Crippen LogP contribution in [0.25, 0.3) is 10.9 Å². The largest absolute Gasteiger partial charge is 0.454 e. The molecule has 0 saturated carbocycles. The van der Waals surface area contributed by atoms with Gasteiger partial charge in [-0.25, -0.2) is 4.98 Å². The molecule has 0 atom stereocenters. The lowest BCUT2D eigenvalue weighted by molar-refractivity contribution is 0.174. The molecule has 1 N–H and O–H groups in total. The predicted molar refractivity (Wildman–Crippen MR) is 152 cm³/mol. The molecule has 0 radical (unpaired) electrons. The summed E-state index contributed by atoms with van der Waals surface area (Å²) in [5.74, 6) is 3.30. The number of anilines is 3. The quantitative estimate of drug-likeness (QED) is 0.305. The van der Waals surface area contributed by atoms with E-state index in [1.807, 2.05) is 43.3 Å². The number of hydrogen-bond acceptors (Lipinski definition) is 8. The van der Waals surface area contributed by atoms with Crippen LogP contribution in [0, 0.1) is 6.92 Å². The second-order valence-electron chi connectivity index (χ2n) is 9.77. The predicted octanol–water partition coefficient (Wildman–Crippen LogP) is 5.82. The fourth-order valence-electron chi connectivity index (χ4n) is 5.07. The Bertz CT molecular complexity index is 1440. The van der Waals surface area contributed by atoms with Gasteiger partial charge in [0.1, 0.15) is 5.82 Å². The Morgan fingerprint density at radius 2 is 1.84 bits per heavy atom. The maximum atomic E-state index is 6.18. The molecule has 6 rings (SSSR count). The van der Waals surface area contributed by atoms with Crippen LogP contribution in [0.5, 0.6) is 11.5 Å². The van der Waals surface area contributed by atoms with Crippen LogP contribution in [0.1, 0.15) is 30.5 Å². The molecule has 2 aromatic carbocycles. The highest BCUT2D eigenvalue weighted by atomic mass is 35.5. The van der Waals surface area contributed by atoms with Gasteiger partial charge in [-0.3, -0.25) is 4.98 Å². The van der Waals surface area contributed by atoms with E-state index in [0.29, 0.717) is 24.7 Å². The van der Waals surface area contributed by atoms with Crippen molar-refractivity contribution in [1.82, 2.24) is 15.0 Å². The monoisotopic (exact) mass is 530 g/mol. The SMILES string of the molecule is Cc1cc(N2CCCCC2)nc(N(CCNc2ccnc3cc(Cl)ccc23)Cc2ccc3c(c2)OCO3)n1. The van der Waals surface area contributed by atoms with E-state index in [9.17, 15) is 0 Å². The lowest BCUT2D eigenvalue weighted by Crippen LogP contribution is -2.33. The Balaban J connectivity index is 1.26. The lowest BCUT2D eigenvalue weighted by atomic mass is 10.1. The minimum absolute atomic E-state index is 0.262. The fraction of sp³-hybridized carbons (Fsp3) is 0.345. The van der Waals surface area contributed by atoms with Crippen LogP contribution in [-0.2, 0) is 6.54 Å². The van der Waals surface area contributed by atoms with E-state index in [-0.39, 0.29) is 6.79 Å². The van der Waals surface area contributed by atoms with Crippen molar-refractivity contribution in [3.8, 4) is 11.5 Å². The first-order valence-corrected chi connectivity index (χ1v) is 13.5. The van der Waals surface area contributed by atoms with Crippen molar-refractivity contribution in [3.05, 3.63) is 71.0 Å². The van der Waals surface area contributed by atoms with Gasteiger partial charge in [0.2, 0.25) is 12.7 Å². The Kier molecular flexibility index (Phi) is 7.05. The molecule has 4 heterocycles. The number of halogens is 1. The van der Waals surface area contributed by atoms with Crippen molar-refractivity contribution in [2.45, 2.75) is 32.7 Å². The number of ether oxygens (including phenoxy) is 2. The smallest absolute Gasteiger partial charge is 0.231 e. The van der Waals surface area contributed by atoms with Gasteiger partial charge < -0.3 is 24.6 Å². The molecule has 0 aliphatic carbocycles. The van der Waals surface area contributed by atoms with Crippen LogP contribution < -0.4 is 24.6 Å². The first kappa shape index (κ1) is 24.6. The van der Waals surface area contributed by atoms with Gasteiger partial charge in [0.05, 0.1) is 5.52 Å². The fourth-order valence-corrected chi connectivity index (χ4v) is 5.24. The lowest BCUT2D eigenvalue weighted by Gasteiger charge is -2.30. The van der Waals surface area contributed by atoms with Crippen molar-refractivity contribution in [2.24, 2.45) is 0 Å². The van der Waals surface area contributed by atoms with E-state index in [4.69, 9.17) is 31.0 Å². The highest BCUT2D eigenvalue weighted by Crippen LogP contribution is 2.33. The maximum absolute atomic E-state index is 6.18. The topological polar surface area (TPSA) is 75.6 Å². The number of nitrogens with one attached hydrogen (secondary N) is 1. The number of hydrogen-bond donors (Lipinski definition) is 1. The van der Waals surface area contributed by atoms with E-state index in [2.05, 4.69) is 32.2 Å². The first-order valence-electron chi connectivity index (χ1n) is 13.1. The summed E-state index contributed by atoms with van der Waals surface area (Å²) in [5.41, 5.74) is 3.97. The van der Waals surface area contributed by atoms with Crippen molar-refractivity contribution in [2.75, 3.05) is 48.1 Å². The maximum Gasteiger partial charge on any atom is 0.231 e. The molecule has 0 bridgehead atoms. The molecule has 2 aliphatic rings. The molecule has 1 fully saturated rings. The number of rotatable bonds is 8. The molecule has 8 nitrogen and oxygen atoms in total. The Labute approximate surface area is 227 Å². The van der Waals surface area contributed by atoms with Crippen LogP contribution in [-0.4, -0.2) is 47.9 Å². The van der Waals surface area contributed by atoms with Gasteiger partial charge >= 0.3 is 0 Å². The molecule has 4 aromatic rings. The summed E-state index contributed by atoms with van der Waals surface area (Å²) < 4.78 is 11.1. The standard InChI is InChI=1S/C29H31ClN6O2/c1-20-15-28(35-12-3-2-4-13-35)34-29(33-20)36(18-21-5-8-26-27(16-21)38-19-37-26)14-11-32-24-9-10-31-25-17-22(30)6-7-23(24)25/h5-10,15-17H,2-4,11-14,18-19H2,1H3,(H,31,32). The van der Waals surface area contributed by atoms with E-state index in [1.54, 1.807) is 6.20 Å². The zero-order chi connectivity index (χ0) is 25.9. The van der Waals surface area contributed by atoms with E-state index in [1.165, 1.54) is 19.3 Å². The normalized spacial score (nSPS) is 14.6. The highest BCUT2D eigenvalue weighted by Gasteiger charge is 2.19. The third kappa shape index (κ3) is 5.41. The number of piperidine rings is 1. The first-order chi connectivity index (χ1) is 18.6. The summed E-state index contributed by atoms with van der Waals surface area (Å²) in [7, 11) is 0. The van der Waals surface area contributed by atoms with Crippen LogP contribution in [0.2, 0.25) is 5.02 Å². The minimum atomic E-state index is 0.262. The third-order valence-corrected chi connectivity index (χ3v) is 7.24. The second kappa shape index (κ2) is 10.9. The number of nitrogens with zero attached hydrogens (tertiary/aromatic N) is 5. The van der Waals surface area contributed by atoms with Crippen LogP contribution >= 0.6 is 11.6 Å². The van der Waals surface area contributed by atoms with Gasteiger partial charge in [-0.05, 0) is 68.1 Å². The summed E-state index contributed by atoms with van der Waals surface area (Å²) in [6.07, 6.45) is 5.49. The zero-order valence-electron chi connectivity index (χ0n) is 21.5. The number of fused-ring (bicyclic) bond motifs is 2. The van der Waals surface area contributed by atoms with Crippen LogP contribution in [0.4, 0.5) is 17.5 Å². The average Bonchev–Trinajstić information content (AvgIpc) is 3.40. The van der Waals surface area contributed by atoms with Crippen LogP contribution in [0.3, 0.4) is 0 Å². The van der Waals surface area contributed by atoms with Gasteiger partial charge in [-0.2, -0.15) is 4.98 Å². The molecule has 0 spiro atoms. The zero-order valence-corrected chi connectivity index (χ0v) is 22.2. The van der Waals surface area contributed by atoms with Gasteiger partial charge in [0.15, 0.2) is 11.5 Å². The Morgan fingerprint density at radius 3 is 2.74 bits per heavy atom. The van der Waals surface area contributed by atoms with Gasteiger partial charge in [-0.15, -0.1) is 0 Å². The van der Waals surface area contributed by atoms with Crippen molar-refractivity contribution >= 4 is 40.0 Å².